The fourth-order valence-corrected chi connectivity index (χ4v) is 4.76. The molecule has 2 atom stereocenters. The summed E-state index contributed by atoms with van der Waals surface area (Å²) in [5, 5.41) is 13.6. The first-order valence-electron chi connectivity index (χ1n) is 12.9. The molecule has 1 heterocycles. The average Bonchev–Trinajstić information content (AvgIpc) is 2.90. The van der Waals surface area contributed by atoms with E-state index in [1.165, 1.54) is 28.8 Å². The van der Waals surface area contributed by atoms with Crippen molar-refractivity contribution in [2.24, 2.45) is 0 Å². The standard InChI is InChI=1S/C30H36F3N3O.ClH/c1-23(34-20-29(37)27-8-5-9-28(19-27)30(31,32)33)18-24-10-12-26(13-11-24)22-36-16-14-35(15-17-36)21-25-6-3-2-4-7-25;/h2-13,19,23,29,34,37H,14-18,20-22H2,1H3;1H. The third-order valence-electron chi connectivity index (χ3n) is 6.94. The van der Waals surface area contributed by atoms with Gasteiger partial charge in [-0.3, -0.25) is 9.80 Å². The molecule has 0 aliphatic carbocycles. The summed E-state index contributed by atoms with van der Waals surface area (Å²) in [6.45, 7) is 8.42. The molecule has 2 N–H and O–H groups in total. The van der Waals surface area contributed by atoms with Gasteiger partial charge in [-0.2, -0.15) is 13.2 Å². The molecule has 8 heteroatoms. The van der Waals surface area contributed by atoms with Crippen LogP contribution < -0.4 is 5.32 Å². The van der Waals surface area contributed by atoms with Crippen LogP contribution in [0.15, 0.2) is 78.9 Å². The van der Waals surface area contributed by atoms with Crippen molar-refractivity contribution < 1.29 is 18.3 Å². The van der Waals surface area contributed by atoms with Gasteiger partial charge in [-0.25, -0.2) is 0 Å². The first-order valence-corrected chi connectivity index (χ1v) is 12.9. The van der Waals surface area contributed by atoms with Gasteiger partial charge < -0.3 is 10.4 Å². The Bertz CT molecular complexity index is 1100. The number of aliphatic hydroxyl groups is 1. The normalized spacial score (nSPS) is 16.6. The lowest BCUT2D eigenvalue weighted by Crippen LogP contribution is -2.45. The number of nitrogens with zero attached hydrogens (tertiary/aromatic N) is 2. The number of hydrogen-bond acceptors (Lipinski definition) is 4. The first-order chi connectivity index (χ1) is 17.8. The number of benzene rings is 3. The first kappa shape index (κ1) is 30.1. The van der Waals surface area contributed by atoms with E-state index in [1.54, 1.807) is 0 Å². The van der Waals surface area contributed by atoms with Gasteiger partial charge in [0.2, 0.25) is 0 Å². The number of halogens is 4. The second kappa shape index (κ2) is 14.1. The van der Waals surface area contributed by atoms with Crippen molar-refractivity contribution in [3.05, 3.63) is 107 Å². The van der Waals surface area contributed by atoms with Crippen LogP contribution in [0.25, 0.3) is 0 Å². The van der Waals surface area contributed by atoms with E-state index in [-0.39, 0.29) is 30.6 Å². The number of aliphatic hydroxyl groups excluding tert-OH is 1. The molecule has 206 valence electrons. The lowest BCUT2D eigenvalue weighted by atomic mass is 10.0. The zero-order valence-corrected chi connectivity index (χ0v) is 22.5. The van der Waals surface area contributed by atoms with Crippen LogP contribution in [0, 0.1) is 0 Å². The molecule has 0 bridgehead atoms. The molecule has 38 heavy (non-hydrogen) atoms. The van der Waals surface area contributed by atoms with E-state index in [4.69, 9.17) is 0 Å². The van der Waals surface area contributed by atoms with Crippen molar-refractivity contribution in [2.75, 3.05) is 32.7 Å². The molecule has 1 saturated heterocycles. The predicted octanol–water partition coefficient (Wildman–Crippen LogP) is 5.70. The lowest BCUT2D eigenvalue weighted by molar-refractivity contribution is -0.137. The number of nitrogens with one attached hydrogen (secondary N) is 1. The Balaban J connectivity index is 0.00000400. The van der Waals surface area contributed by atoms with E-state index in [0.717, 1.165) is 57.8 Å². The molecule has 3 aromatic rings. The Morgan fingerprint density at radius 2 is 1.34 bits per heavy atom. The highest BCUT2D eigenvalue weighted by molar-refractivity contribution is 5.85. The van der Waals surface area contributed by atoms with Gasteiger partial charge in [0.1, 0.15) is 0 Å². The summed E-state index contributed by atoms with van der Waals surface area (Å²) in [4.78, 5) is 5.00. The summed E-state index contributed by atoms with van der Waals surface area (Å²) in [6, 6.07) is 24.2. The van der Waals surface area contributed by atoms with Crippen molar-refractivity contribution in [1.82, 2.24) is 15.1 Å². The Morgan fingerprint density at radius 1 is 0.789 bits per heavy atom. The van der Waals surface area contributed by atoms with E-state index in [0.29, 0.717) is 0 Å². The van der Waals surface area contributed by atoms with Crippen LogP contribution in [0.1, 0.15) is 40.8 Å². The van der Waals surface area contributed by atoms with Crippen LogP contribution in [0.4, 0.5) is 13.2 Å². The Labute approximate surface area is 229 Å². The average molecular weight is 548 g/mol. The number of rotatable bonds is 10. The van der Waals surface area contributed by atoms with Crippen molar-refractivity contribution in [3.8, 4) is 0 Å². The van der Waals surface area contributed by atoms with Gasteiger partial charge in [0.25, 0.3) is 0 Å². The van der Waals surface area contributed by atoms with E-state index in [2.05, 4.69) is 69.7 Å². The number of alkyl halides is 3. The van der Waals surface area contributed by atoms with Crippen LogP contribution in [-0.2, 0) is 25.7 Å². The van der Waals surface area contributed by atoms with E-state index in [1.807, 2.05) is 6.92 Å². The maximum atomic E-state index is 12.9. The largest absolute Gasteiger partial charge is 0.416 e. The third kappa shape index (κ3) is 9.10. The van der Waals surface area contributed by atoms with Crippen molar-refractivity contribution in [3.63, 3.8) is 0 Å². The quantitative estimate of drug-likeness (QED) is 0.341. The van der Waals surface area contributed by atoms with Gasteiger partial charge in [-0.15, -0.1) is 12.4 Å². The number of hydrogen-bond donors (Lipinski definition) is 2. The molecule has 0 spiro atoms. The molecular weight excluding hydrogens is 511 g/mol. The molecule has 0 amide bonds. The second-order valence-electron chi connectivity index (χ2n) is 10.0. The van der Waals surface area contributed by atoms with Gasteiger partial charge in [0.15, 0.2) is 0 Å². The van der Waals surface area contributed by atoms with Crippen molar-refractivity contribution in [2.45, 2.75) is 44.8 Å². The Morgan fingerprint density at radius 3 is 1.92 bits per heavy atom. The lowest BCUT2D eigenvalue weighted by Gasteiger charge is -2.34. The minimum Gasteiger partial charge on any atom is -0.387 e. The topological polar surface area (TPSA) is 38.7 Å². The highest BCUT2D eigenvalue weighted by Gasteiger charge is 2.30. The minimum atomic E-state index is -4.42. The second-order valence-corrected chi connectivity index (χ2v) is 10.0. The Hall–Kier alpha value is -2.42. The van der Waals surface area contributed by atoms with E-state index in [9.17, 15) is 18.3 Å². The predicted molar refractivity (Wildman–Crippen MR) is 148 cm³/mol. The molecule has 3 aromatic carbocycles. The van der Waals surface area contributed by atoms with Crippen LogP contribution in [0.5, 0.6) is 0 Å². The highest BCUT2D eigenvalue weighted by Crippen LogP contribution is 2.30. The summed E-state index contributed by atoms with van der Waals surface area (Å²) in [5.41, 5.74) is 3.36. The van der Waals surface area contributed by atoms with Gasteiger partial charge in [-0.05, 0) is 47.7 Å². The zero-order valence-electron chi connectivity index (χ0n) is 21.7. The fourth-order valence-electron chi connectivity index (χ4n) is 4.76. The van der Waals surface area contributed by atoms with Crippen molar-refractivity contribution in [1.29, 1.82) is 0 Å². The summed E-state index contributed by atoms with van der Waals surface area (Å²) in [7, 11) is 0. The molecule has 2 unspecified atom stereocenters. The molecule has 1 fully saturated rings. The summed E-state index contributed by atoms with van der Waals surface area (Å²) < 4.78 is 38.8. The van der Waals surface area contributed by atoms with Crippen molar-refractivity contribution >= 4 is 12.4 Å². The summed E-state index contributed by atoms with van der Waals surface area (Å²) in [5.74, 6) is 0. The summed E-state index contributed by atoms with van der Waals surface area (Å²) in [6.07, 6.45) is -4.65. The van der Waals surface area contributed by atoms with Crippen LogP contribution in [0.2, 0.25) is 0 Å². The van der Waals surface area contributed by atoms with Gasteiger partial charge in [0.05, 0.1) is 11.7 Å². The molecule has 0 radical (unpaired) electrons. The molecular formula is C30H37ClF3N3O. The van der Waals surface area contributed by atoms with E-state index >= 15 is 0 Å². The smallest absolute Gasteiger partial charge is 0.387 e. The van der Waals surface area contributed by atoms with Gasteiger partial charge >= 0.3 is 6.18 Å². The third-order valence-corrected chi connectivity index (χ3v) is 6.94. The van der Waals surface area contributed by atoms with E-state index < -0.39 is 17.8 Å². The van der Waals surface area contributed by atoms with Crippen LogP contribution in [-0.4, -0.2) is 53.7 Å². The number of piperazine rings is 1. The molecule has 1 aliphatic heterocycles. The maximum Gasteiger partial charge on any atom is 0.416 e. The van der Waals surface area contributed by atoms with Gasteiger partial charge in [-0.1, -0.05) is 66.7 Å². The summed E-state index contributed by atoms with van der Waals surface area (Å²) >= 11 is 0. The van der Waals surface area contributed by atoms with Crippen LogP contribution >= 0.6 is 12.4 Å². The molecule has 1 aliphatic rings. The monoisotopic (exact) mass is 547 g/mol. The molecule has 0 saturated carbocycles. The van der Waals surface area contributed by atoms with Crippen LogP contribution in [0.3, 0.4) is 0 Å². The molecule has 4 nitrogen and oxygen atoms in total. The molecule has 0 aromatic heterocycles. The molecule has 4 rings (SSSR count). The fraction of sp³-hybridized carbons (Fsp3) is 0.400. The van der Waals surface area contributed by atoms with Gasteiger partial charge in [0, 0.05) is 51.9 Å². The zero-order chi connectivity index (χ0) is 26.3. The SMILES string of the molecule is CC(Cc1ccc(CN2CCN(Cc3ccccc3)CC2)cc1)NCC(O)c1cccc(C(F)(F)F)c1.Cl. The maximum absolute atomic E-state index is 12.9. The minimum absolute atomic E-state index is 0. The Kier molecular flexibility index (Phi) is 11.2. The highest BCUT2D eigenvalue weighted by atomic mass is 35.5.